The van der Waals surface area contributed by atoms with Crippen molar-refractivity contribution in [2.75, 3.05) is 6.54 Å². The van der Waals surface area contributed by atoms with E-state index in [-0.39, 0.29) is 5.54 Å². The van der Waals surface area contributed by atoms with Gasteiger partial charge in [-0.3, -0.25) is 0 Å². The van der Waals surface area contributed by atoms with Crippen LogP contribution in [0.15, 0.2) is 18.7 Å². The summed E-state index contributed by atoms with van der Waals surface area (Å²) < 4.78 is 0. The Morgan fingerprint density at radius 2 is 1.94 bits per heavy atom. The van der Waals surface area contributed by atoms with Crippen molar-refractivity contribution in [2.45, 2.75) is 45.1 Å². The molecule has 1 N–H and O–H groups in total. The second-order valence-electron chi connectivity index (χ2n) is 5.75. The predicted molar refractivity (Wildman–Crippen MR) is 65.3 cm³/mol. The highest BCUT2D eigenvalue weighted by Gasteiger charge is 2.32. The molecule has 1 aliphatic carbocycles. The Kier molecular flexibility index (Phi) is 3.24. The average Bonchev–Trinajstić information content (AvgIpc) is 2.16. The quantitative estimate of drug-likeness (QED) is 0.848. The van der Waals surface area contributed by atoms with Crippen LogP contribution in [-0.4, -0.2) is 22.1 Å². The number of hydrogen-bond acceptors (Lipinski definition) is 3. The molecule has 0 spiro atoms. The van der Waals surface area contributed by atoms with E-state index in [2.05, 4.69) is 36.1 Å². The van der Waals surface area contributed by atoms with Crippen LogP contribution in [0, 0.1) is 5.92 Å². The Morgan fingerprint density at radius 1 is 1.25 bits per heavy atom. The van der Waals surface area contributed by atoms with Gasteiger partial charge in [-0.2, -0.15) is 0 Å². The second kappa shape index (κ2) is 4.50. The first-order chi connectivity index (χ1) is 7.56. The van der Waals surface area contributed by atoms with Crippen LogP contribution in [0.1, 0.15) is 45.1 Å². The normalized spacial score (nSPS) is 25.2. The fourth-order valence-electron chi connectivity index (χ4n) is 2.19. The molecule has 16 heavy (non-hydrogen) atoms. The van der Waals surface area contributed by atoms with E-state index in [9.17, 15) is 0 Å². The van der Waals surface area contributed by atoms with Gasteiger partial charge in [0.1, 0.15) is 6.33 Å². The summed E-state index contributed by atoms with van der Waals surface area (Å²) in [4.78, 5) is 8.20. The van der Waals surface area contributed by atoms with Gasteiger partial charge < -0.3 is 5.32 Å². The molecule has 2 unspecified atom stereocenters. The van der Waals surface area contributed by atoms with Gasteiger partial charge in [-0.1, -0.05) is 0 Å². The van der Waals surface area contributed by atoms with Gasteiger partial charge in [0, 0.05) is 17.9 Å². The minimum Gasteiger partial charge on any atom is -0.312 e. The van der Waals surface area contributed by atoms with Crippen molar-refractivity contribution in [2.24, 2.45) is 5.92 Å². The number of rotatable bonds is 3. The van der Waals surface area contributed by atoms with Gasteiger partial charge in [0.15, 0.2) is 0 Å². The highest BCUT2D eigenvalue weighted by atomic mass is 14.9. The molecule has 2 rings (SSSR count). The average molecular weight is 219 g/mol. The van der Waals surface area contributed by atoms with Crippen molar-refractivity contribution in [1.29, 1.82) is 0 Å². The second-order valence-corrected chi connectivity index (χ2v) is 5.75. The highest BCUT2D eigenvalue weighted by Crippen LogP contribution is 2.41. The molecule has 1 heterocycles. The summed E-state index contributed by atoms with van der Waals surface area (Å²) in [6, 6.07) is 0. The van der Waals surface area contributed by atoms with Crippen molar-refractivity contribution >= 4 is 0 Å². The predicted octanol–water partition coefficient (Wildman–Crippen LogP) is 2.36. The summed E-state index contributed by atoms with van der Waals surface area (Å²) in [5, 5.41) is 3.58. The molecule has 88 valence electrons. The summed E-state index contributed by atoms with van der Waals surface area (Å²) >= 11 is 0. The standard InChI is InChI=1S/C13H21N3/c1-13(2,3)16-8-10-4-5-12(10)11-6-14-9-15-7-11/h6-7,9-10,12,16H,4-5,8H2,1-3H3. The van der Waals surface area contributed by atoms with Crippen molar-refractivity contribution in [1.82, 2.24) is 15.3 Å². The lowest BCUT2D eigenvalue weighted by Gasteiger charge is -2.38. The molecular weight excluding hydrogens is 198 g/mol. The Bertz CT molecular complexity index is 329. The smallest absolute Gasteiger partial charge is 0.115 e. The van der Waals surface area contributed by atoms with Crippen molar-refractivity contribution in [3.05, 3.63) is 24.3 Å². The maximum absolute atomic E-state index is 4.10. The van der Waals surface area contributed by atoms with Crippen LogP contribution in [0.2, 0.25) is 0 Å². The SMILES string of the molecule is CC(C)(C)NCC1CCC1c1cncnc1. The molecule has 0 bridgehead atoms. The largest absolute Gasteiger partial charge is 0.312 e. The number of aromatic nitrogens is 2. The summed E-state index contributed by atoms with van der Waals surface area (Å²) in [6.45, 7) is 7.74. The van der Waals surface area contributed by atoms with Crippen LogP contribution in [0.5, 0.6) is 0 Å². The summed E-state index contributed by atoms with van der Waals surface area (Å²) in [7, 11) is 0. The van der Waals surface area contributed by atoms with E-state index in [0.29, 0.717) is 5.92 Å². The Hall–Kier alpha value is -0.960. The van der Waals surface area contributed by atoms with Crippen molar-refractivity contribution < 1.29 is 0 Å². The lowest BCUT2D eigenvalue weighted by atomic mass is 9.70. The third-order valence-electron chi connectivity index (χ3n) is 3.32. The van der Waals surface area contributed by atoms with E-state index >= 15 is 0 Å². The van der Waals surface area contributed by atoms with E-state index in [1.807, 2.05) is 12.4 Å². The zero-order valence-electron chi connectivity index (χ0n) is 10.4. The van der Waals surface area contributed by atoms with E-state index in [1.165, 1.54) is 18.4 Å². The van der Waals surface area contributed by atoms with Crippen molar-refractivity contribution in [3.8, 4) is 0 Å². The van der Waals surface area contributed by atoms with E-state index in [1.54, 1.807) is 6.33 Å². The lowest BCUT2D eigenvalue weighted by molar-refractivity contribution is 0.225. The van der Waals surface area contributed by atoms with Gasteiger partial charge in [0.2, 0.25) is 0 Å². The fourth-order valence-corrected chi connectivity index (χ4v) is 2.19. The van der Waals surface area contributed by atoms with Crippen LogP contribution in [0.25, 0.3) is 0 Å². The highest BCUT2D eigenvalue weighted by molar-refractivity contribution is 5.15. The van der Waals surface area contributed by atoms with E-state index in [0.717, 1.165) is 12.5 Å². The zero-order chi connectivity index (χ0) is 11.6. The number of hydrogen-bond donors (Lipinski definition) is 1. The van der Waals surface area contributed by atoms with Crippen LogP contribution >= 0.6 is 0 Å². The lowest BCUT2D eigenvalue weighted by Crippen LogP contribution is -2.43. The summed E-state index contributed by atoms with van der Waals surface area (Å²) in [6.07, 6.45) is 8.12. The molecule has 0 aliphatic heterocycles. The molecular formula is C13H21N3. The number of nitrogens with zero attached hydrogens (tertiary/aromatic N) is 2. The third-order valence-corrected chi connectivity index (χ3v) is 3.32. The molecule has 0 amide bonds. The minimum absolute atomic E-state index is 0.216. The van der Waals surface area contributed by atoms with Crippen LogP contribution in [0.4, 0.5) is 0 Å². The first-order valence-electron chi connectivity index (χ1n) is 6.06. The zero-order valence-corrected chi connectivity index (χ0v) is 10.4. The maximum Gasteiger partial charge on any atom is 0.115 e. The maximum atomic E-state index is 4.10. The van der Waals surface area contributed by atoms with Gasteiger partial charge in [0.25, 0.3) is 0 Å². The third kappa shape index (κ3) is 2.79. The Labute approximate surface area is 97.7 Å². The molecule has 3 heteroatoms. The Balaban J connectivity index is 1.90. The molecule has 1 fully saturated rings. The molecule has 1 aromatic rings. The monoisotopic (exact) mass is 219 g/mol. The topological polar surface area (TPSA) is 37.8 Å². The van der Waals surface area contributed by atoms with Gasteiger partial charge >= 0.3 is 0 Å². The number of nitrogens with one attached hydrogen (secondary N) is 1. The van der Waals surface area contributed by atoms with Crippen molar-refractivity contribution in [3.63, 3.8) is 0 Å². The molecule has 0 saturated heterocycles. The van der Waals surface area contributed by atoms with Crippen LogP contribution in [-0.2, 0) is 0 Å². The molecule has 3 nitrogen and oxygen atoms in total. The van der Waals surface area contributed by atoms with Gasteiger partial charge in [0.05, 0.1) is 0 Å². The summed E-state index contributed by atoms with van der Waals surface area (Å²) in [5.41, 5.74) is 1.52. The van der Waals surface area contributed by atoms with Crippen LogP contribution in [0.3, 0.4) is 0 Å². The molecule has 0 aromatic carbocycles. The minimum atomic E-state index is 0.216. The molecule has 1 saturated carbocycles. The fraction of sp³-hybridized carbons (Fsp3) is 0.692. The van der Waals surface area contributed by atoms with Gasteiger partial charge in [-0.15, -0.1) is 0 Å². The first kappa shape index (κ1) is 11.5. The molecule has 0 radical (unpaired) electrons. The Morgan fingerprint density at radius 3 is 2.44 bits per heavy atom. The molecule has 2 atom stereocenters. The summed E-state index contributed by atoms with van der Waals surface area (Å²) in [5.74, 6) is 1.42. The van der Waals surface area contributed by atoms with E-state index < -0.39 is 0 Å². The van der Waals surface area contributed by atoms with E-state index in [4.69, 9.17) is 0 Å². The molecule has 1 aromatic heterocycles. The van der Waals surface area contributed by atoms with Gasteiger partial charge in [-0.05, 0) is 57.6 Å². The first-order valence-corrected chi connectivity index (χ1v) is 6.06. The van der Waals surface area contributed by atoms with Crippen LogP contribution < -0.4 is 5.32 Å². The van der Waals surface area contributed by atoms with Gasteiger partial charge in [-0.25, -0.2) is 9.97 Å². The molecule has 1 aliphatic rings.